The highest BCUT2D eigenvalue weighted by atomic mass is 79.9. The van der Waals surface area contributed by atoms with E-state index >= 15 is 0 Å². The lowest BCUT2D eigenvalue weighted by molar-refractivity contribution is 0.102. The molecule has 2 rings (SSSR count). The van der Waals surface area contributed by atoms with E-state index in [2.05, 4.69) is 31.9 Å². The largest absolute Gasteiger partial charge is 0.293 e. The summed E-state index contributed by atoms with van der Waals surface area (Å²) in [6.45, 7) is 0. The minimum atomic E-state index is -0.261. The molecule has 0 amide bonds. The second kappa shape index (κ2) is 6.44. The van der Waals surface area contributed by atoms with Gasteiger partial charge < -0.3 is 0 Å². The van der Waals surface area contributed by atoms with Gasteiger partial charge in [-0.2, -0.15) is 0 Å². The van der Waals surface area contributed by atoms with Crippen molar-refractivity contribution in [1.82, 2.24) is 0 Å². The summed E-state index contributed by atoms with van der Waals surface area (Å²) in [5, 5.41) is 0.843. The number of rotatable bonds is 4. The van der Waals surface area contributed by atoms with Crippen LogP contribution in [0.1, 0.15) is 15.9 Å². The maximum absolute atomic E-state index is 13.8. The van der Waals surface area contributed by atoms with E-state index in [1.165, 1.54) is 6.07 Å². The van der Waals surface area contributed by atoms with E-state index in [-0.39, 0.29) is 16.9 Å². The Morgan fingerprint density at radius 1 is 1.11 bits per heavy atom. The Labute approximate surface area is 128 Å². The molecular formula is C15H11Br2FO. The third kappa shape index (κ3) is 3.12. The molecule has 1 nitrogen and oxygen atoms in total. The van der Waals surface area contributed by atoms with Gasteiger partial charge in [0.05, 0.1) is 5.33 Å². The van der Waals surface area contributed by atoms with Gasteiger partial charge in [-0.15, -0.1) is 0 Å². The average molecular weight is 386 g/mol. The summed E-state index contributed by atoms with van der Waals surface area (Å²) >= 11 is 6.53. The molecule has 0 aromatic heterocycles. The van der Waals surface area contributed by atoms with Crippen molar-refractivity contribution in [2.75, 3.05) is 5.33 Å². The zero-order valence-electron chi connectivity index (χ0n) is 10.00. The number of carbonyl (C=O) groups is 1. The van der Waals surface area contributed by atoms with Crippen molar-refractivity contribution >= 4 is 37.6 Å². The molecule has 4 heteroatoms. The van der Waals surface area contributed by atoms with Gasteiger partial charge in [-0.3, -0.25) is 4.79 Å². The van der Waals surface area contributed by atoms with Crippen LogP contribution < -0.4 is 0 Å². The van der Waals surface area contributed by atoms with Crippen LogP contribution in [0.2, 0.25) is 0 Å². The Morgan fingerprint density at radius 3 is 2.47 bits per heavy atom. The predicted octanol–water partition coefficient (Wildman–Crippen LogP) is 4.97. The van der Waals surface area contributed by atoms with Crippen LogP contribution in [0.4, 0.5) is 4.39 Å². The van der Waals surface area contributed by atoms with Gasteiger partial charge in [0, 0.05) is 16.5 Å². The van der Waals surface area contributed by atoms with Crippen LogP contribution >= 0.6 is 31.9 Å². The van der Waals surface area contributed by atoms with Crippen LogP contribution in [0.5, 0.6) is 0 Å². The van der Waals surface area contributed by atoms with Crippen LogP contribution in [0, 0.1) is 5.82 Å². The zero-order chi connectivity index (χ0) is 13.8. The summed E-state index contributed by atoms with van der Waals surface area (Å²) in [7, 11) is 0. The van der Waals surface area contributed by atoms with Crippen molar-refractivity contribution in [2.24, 2.45) is 0 Å². The molecule has 0 N–H and O–H groups in total. The average Bonchev–Trinajstić information content (AvgIpc) is 2.46. The van der Waals surface area contributed by atoms with Crippen LogP contribution in [0.15, 0.2) is 42.5 Å². The van der Waals surface area contributed by atoms with Gasteiger partial charge in [-0.1, -0.05) is 62.2 Å². The molecular weight excluding hydrogens is 375 g/mol. The monoisotopic (exact) mass is 384 g/mol. The molecule has 19 heavy (non-hydrogen) atoms. The van der Waals surface area contributed by atoms with E-state index in [0.29, 0.717) is 16.5 Å². The zero-order valence-corrected chi connectivity index (χ0v) is 13.2. The molecule has 0 fully saturated rings. The molecule has 0 atom stereocenters. The predicted molar refractivity (Wildman–Crippen MR) is 82.6 cm³/mol. The topological polar surface area (TPSA) is 17.1 Å². The van der Waals surface area contributed by atoms with Crippen molar-refractivity contribution in [3.63, 3.8) is 0 Å². The Kier molecular flexibility index (Phi) is 4.88. The van der Waals surface area contributed by atoms with Gasteiger partial charge in [0.25, 0.3) is 0 Å². The molecule has 0 aliphatic rings. The molecule has 0 aliphatic heterocycles. The Hall–Kier alpha value is -1.00. The Balaban J connectivity index is 2.51. The maximum atomic E-state index is 13.8. The van der Waals surface area contributed by atoms with Gasteiger partial charge in [0.2, 0.25) is 0 Å². The summed E-state index contributed by atoms with van der Waals surface area (Å²) in [4.78, 5) is 11.8. The van der Waals surface area contributed by atoms with Crippen molar-refractivity contribution in [1.29, 1.82) is 0 Å². The van der Waals surface area contributed by atoms with Gasteiger partial charge >= 0.3 is 0 Å². The van der Waals surface area contributed by atoms with Crippen molar-refractivity contribution in [2.45, 2.75) is 5.33 Å². The highest BCUT2D eigenvalue weighted by Crippen LogP contribution is 2.26. The highest BCUT2D eigenvalue weighted by Gasteiger charge is 2.12. The Bertz CT molecular complexity index is 611. The summed E-state index contributed by atoms with van der Waals surface area (Å²) in [6, 6.07) is 12.0. The number of halogens is 3. The molecule has 0 heterocycles. The van der Waals surface area contributed by atoms with E-state index in [9.17, 15) is 9.18 Å². The van der Waals surface area contributed by atoms with Gasteiger partial charge in [-0.05, 0) is 23.3 Å². The number of hydrogen-bond acceptors (Lipinski definition) is 1. The number of ketones is 1. The number of hydrogen-bond donors (Lipinski definition) is 0. The molecule has 0 spiro atoms. The standard InChI is InChI=1S/C15H11Br2FO/c16-8-11-7-10(5-6-13(11)15(19)9-17)12-3-1-2-4-14(12)18/h1-7H,8-9H2. The van der Waals surface area contributed by atoms with E-state index < -0.39 is 0 Å². The highest BCUT2D eigenvalue weighted by molar-refractivity contribution is 9.09. The molecule has 0 bridgehead atoms. The first kappa shape index (κ1) is 14.4. The summed E-state index contributed by atoms with van der Waals surface area (Å²) < 4.78 is 13.8. The lowest BCUT2D eigenvalue weighted by Gasteiger charge is -2.09. The first-order valence-corrected chi connectivity index (χ1v) is 7.94. The molecule has 0 radical (unpaired) electrons. The molecule has 0 saturated carbocycles. The SMILES string of the molecule is O=C(CBr)c1ccc(-c2ccccc2F)cc1CBr. The van der Waals surface area contributed by atoms with Gasteiger partial charge in [0.1, 0.15) is 5.82 Å². The minimum absolute atomic E-state index is 0.0227. The van der Waals surface area contributed by atoms with Crippen LogP contribution in [-0.2, 0) is 5.33 Å². The Morgan fingerprint density at radius 2 is 1.84 bits per heavy atom. The number of carbonyl (C=O) groups excluding carboxylic acids is 1. The number of benzene rings is 2. The van der Waals surface area contributed by atoms with E-state index in [1.54, 1.807) is 30.3 Å². The second-order valence-corrected chi connectivity index (χ2v) is 5.16. The fraction of sp³-hybridized carbons (Fsp3) is 0.133. The van der Waals surface area contributed by atoms with Crippen molar-refractivity contribution in [3.05, 3.63) is 59.4 Å². The van der Waals surface area contributed by atoms with Crippen molar-refractivity contribution < 1.29 is 9.18 Å². The maximum Gasteiger partial charge on any atom is 0.173 e. The van der Waals surface area contributed by atoms with Gasteiger partial charge in [0.15, 0.2) is 5.78 Å². The normalized spacial score (nSPS) is 10.5. The molecule has 0 aliphatic carbocycles. The van der Waals surface area contributed by atoms with Crippen LogP contribution in [-0.4, -0.2) is 11.1 Å². The first-order chi connectivity index (χ1) is 9.17. The minimum Gasteiger partial charge on any atom is -0.293 e. The van der Waals surface area contributed by atoms with Crippen molar-refractivity contribution in [3.8, 4) is 11.1 Å². The first-order valence-electron chi connectivity index (χ1n) is 5.70. The fourth-order valence-electron chi connectivity index (χ4n) is 1.91. The van der Waals surface area contributed by atoms with E-state index in [1.807, 2.05) is 6.07 Å². The summed E-state index contributed by atoms with van der Waals surface area (Å²) in [6.07, 6.45) is 0. The number of alkyl halides is 2. The smallest absolute Gasteiger partial charge is 0.173 e. The second-order valence-electron chi connectivity index (χ2n) is 4.04. The van der Waals surface area contributed by atoms with Crippen LogP contribution in [0.3, 0.4) is 0 Å². The molecule has 98 valence electrons. The van der Waals surface area contributed by atoms with E-state index in [4.69, 9.17) is 0 Å². The molecule has 0 saturated heterocycles. The third-order valence-corrected chi connectivity index (χ3v) is 3.97. The molecule has 2 aromatic rings. The third-order valence-electron chi connectivity index (χ3n) is 2.86. The lowest BCUT2D eigenvalue weighted by Crippen LogP contribution is -2.04. The lowest BCUT2D eigenvalue weighted by atomic mass is 9.98. The van der Waals surface area contributed by atoms with Gasteiger partial charge in [-0.25, -0.2) is 4.39 Å². The molecule has 2 aromatic carbocycles. The quantitative estimate of drug-likeness (QED) is 0.536. The van der Waals surface area contributed by atoms with Crippen LogP contribution in [0.25, 0.3) is 11.1 Å². The molecule has 0 unspecified atom stereocenters. The fourth-order valence-corrected chi connectivity index (χ4v) is 2.68. The summed E-state index contributed by atoms with van der Waals surface area (Å²) in [5.74, 6) is -0.239. The van der Waals surface area contributed by atoms with E-state index in [0.717, 1.165) is 11.1 Å². The number of Topliss-reactive ketones (excluding diaryl/α,β-unsaturated/α-hetero) is 1. The summed E-state index contributed by atoms with van der Waals surface area (Å²) in [5.41, 5.74) is 2.85.